The van der Waals surface area contributed by atoms with Crippen LogP contribution in [0.25, 0.3) is 0 Å². The van der Waals surface area contributed by atoms with E-state index in [4.69, 9.17) is 9.47 Å². The average molecular weight is 678 g/mol. The van der Waals surface area contributed by atoms with Gasteiger partial charge in [0.25, 0.3) is 0 Å². The number of allylic oxidation sites excluding steroid dienone is 1. The van der Waals surface area contributed by atoms with Crippen molar-refractivity contribution in [1.82, 2.24) is 5.32 Å². The Morgan fingerprint density at radius 1 is 1.04 bits per heavy atom. The van der Waals surface area contributed by atoms with Gasteiger partial charge in [-0.15, -0.1) is 0 Å². The smallest absolute Gasteiger partial charge is 0.159 e. The van der Waals surface area contributed by atoms with Crippen LogP contribution >= 0.6 is 0 Å². The van der Waals surface area contributed by atoms with Crippen LogP contribution in [0.5, 0.6) is 0 Å². The van der Waals surface area contributed by atoms with Crippen molar-refractivity contribution in [2.75, 3.05) is 26.3 Å². The zero-order chi connectivity index (χ0) is 35.0. The summed E-state index contributed by atoms with van der Waals surface area (Å²) in [5.41, 5.74) is -2.10. The first-order valence-corrected chi connectivity index (χ1v) is 18.9. The lowest BCUT2D eigenvalue weighted by atomic mass is 9.45. The van der Waals surface area contributed by atoms with Gasteiger partial charge in [-0.05, 0) is 99.2 Å². The molecule has 8 nitrogen and oxygen atoms in total. The lowest BCUT2D eigenvalue weighted by Crippen LogP contribution is -2.63. The second kappa shape index (κ2) is 12.6. The maximum Gasteiger partial charge on any atom is 0.159 e. The zero-order valence-electron chi connectivity index (χ0n) is 30.1. The largest absolute Gasteiger partial charge is 0.392 e. The van der Waals surface area contributed by atoms with E-state index in [2.05, 4.69) is 62.5 Å². The number of rotatable bonds is 8. The second-order valence-corrected chi connectivity index (χ2v) is 17.6. The minimum Gasteiger partial charge on any atom is -0.392 e. The van der Waals surface area contributed by atoms with Crippen molar-refractivity contribution in [3.05, 3.63) is 59.7 Å². The Kier molecular flexibility index (Phi) is 9.16. The van der Waals surface area contributed by atoms with E-state index in [1.165, 1.54) is 5.56 Å². The molecule has 14 atom stereocenters. The third-order valence-electron chi connectivity index (χ3n) is 14.7. The van der Waals surface area contributed by atoms with Gasteiger partial charge in [-0.3, -0.25) is 4.79 Å². The number of ether oxygens (including phenoxy) is 2. The van der Waals surface area contributed by atoms with E-state index >= 15 is 0 Å². The van der Waals surface area contributed by atoms with Crippen molar-refractivity contribution in [2.45, 2.75) is 121 Å². The Morgan fingerprint density at radius 3 is 2.49 bits per heavy atom. The molecular formula is C41H59NO7. The van der Waals surface area contributed by atoms with Crippen LogP contribution in [0.4, 0.5) is 0 Å². The first-order chi connectivity index (χ1) is 23.2. The highest BCUT2D eigenvalue weighted by Gasteiger charge is 2.70. The summed E-state index contributed by atoms with van der Waals surface area (Å²) in [4.78, 5) is 14.2. The zero-order valence-corrected chi connectivity index (χ0v) is 30.1. The molecule has 1 spiro atoms. The van der Waals surface area contributed by atoms with Gasteiger partial charge in [-0.25, -0.2) is 0 Å². The van der Waals surface area contributed by atoms with Gasteiger partial charge < -0.3 is 35.2 Å². The molecule has 1 saturated heterocycles. The third kappa shape index (κ3) is 5.64. The number of carbonyl (C=O) groups is 1. The molecule has 4 fully saturated rings. The summed E-state index contributed by atoms with van der Waals surface area (Å²) < 4.78 is 12.8. The topological polar surface area (TPSA) is 128 Å². The molecule has 4 aliphatic carbocycles. The summed E-state index contributed by atoms with van der Waals surface area (Å²) in [5.74, 6) is -0.0290. The van der Waals surface area contributed by atoms with Crippen molar-refractivity contribution < 1.29 is 34.7 Å². The molecule has 0 bridgehead atoms. The van der Waals surface area contributed by atoms with E-state index in [0.717, 1.165) is 24.8 Å². The first-order valence-electron chi connectivity index (χ1n) is 18.9. The number of carbonyl (C=O) groups excluding carboxylic acids is 1. The average Bonchev–Trinajstić information content (AvgIpc) is 3.58. The molecule has 270 valence electrons. The summed E-state index contributed by atoms with van der Waals surface area (Å²) in [6.07, 6.45) is 8.98. The fraction of sp³-hybridized carbons (Fsp3) is 0.732. The normalized spacial score (nSPS) is 45.6. The van der Waals surface area contributed by atoms with Crippen LogP contribution in [0, 0.1) is 40.4 Å². The van der Waals surface area contributed by atoms with Crippen molar-refractivity contribution >= 4 is 5.78 Å². The molecule has 7 rings (SSSR count). The van der Waals surface area contributed by atoms with Gasteiger partial charge >= 0.3 is 0 Å². The fourth-order valence-corrected chi connectivity index (χ4v) is 11.6. The Labute approximate surface area is 292 Å². The molecule has 0 amide bonds. The second-order valence-electron chi connectivity index (χ2n) is 17.6. The Bertz CT molecular complexity index is 1460. The number of ketones is 1. The van der Waals surface area contributed by atoms with Gasteiger partial charge in [0.05, 0.1) is 42.2 Å². The van der Waals surface area contributed by atoms with Gasteiger partial charge in [0.1, 0.15) is 6.10 Å². The molecule has 49 heavy (non-hydrogen) atoms. The van der Waals surface area contributed by atoms with Gasteiger partial charge in [0, 0.05) is 36.3 Å². The number of hydrogen-bond acceptors (Lipinski definition) is 8. The van der Waals surface area contributed by atoms with E-state index in [9.17, 15) is 25.2 Å². The van der Waals surface area contributed by atoms with Crippen molar-refractivity contribution in [3.63, 3.8) is 0 Å². The van der Waals surface area contributed by atoms with Gasteiger partial charge in [-0.2, -0.15) is 0 Å². The molecular weight excluding hydrogens is 618 g/mol. The summed E-state index contributed by atoms with van der Waals surface area (Å²) in [7, 11) is 0. The standard InChI is InChI=1S/C41H59NO7/c1-25-23-48-35(29(25)22-42-21-26(2)43)36(45)39(5,46)34-13-16-41(47)31-19-33(44)32-20-40(15-11-28(24-49-40)27-9-7-6-8-10-27)18-17-37(32,3)30(31)12-14-38(34,41)4/h6-11,15,19,25-26,28-30,32,34-36,42-43,45-47H,12-14,16-18,20-24H2,1-5H3. The maximum atomic E-state index is 14.2. The number of hydrogen-bond donors (Lipinski definition) is 5. The van der Waals surface area contributed by atoms with Gasteiger partial charge in [-0.1, -0.05) is 63.3 Å². The molecule has 2 heterocycles. The molecule has 6 aliphatic rings. The Balaban J connectivity index is 1.11. The van der Waals surface area contributed by atoms with E-state index in [1.807, 2.05) is 6.07 Å². The summed E-state index contributed by atoms with van der Waals surface area (Å²) in [6, 6.07) is 10.4. The van der Waals surface area contributed by atoms with E-state index in [1.54, 1.807) is 19.9 Å². The van der Waals surface area contributed by atoms with Crippen LogP contribution in [0.1, 0.15) is 91.0 Å². The molecule has 3 saturated carbocycles. The predicted molar refractivity (Wildman–Crippen MR) is 188 cm³/mol. The van der Waals surface area contributed by atoms with E-state index in [0.29, 0.717) is 52.0 Å². The highest BCUT2D eigenvalue weighted by atomic mass is 16.5. The molecule has 2 aliphatic heterocycles. The quantitative estimate of drug-likeness (QED) is 0.251. The highest BCUT2D eigenvalue weighted by molar-refractivity contribution is 5.95. The third-order valence-corrected chi connectivity index (χ3v) is 14.7. The lowest BCUT2D eigenvalue weighted by molar-refractivity contribution is -0.194. The van der Waals surface area contributed by atoms with Crippen molar-refractivity contribution in [3.8, 4) is 0 Å². The van der Waals surface area contributed by atoms with Crippen LogP contribution in [0.15, 0.2) is 54.1 Å². The Hall–Kier alpha value is -1.91. The van der Waals surface area contributed by atoms with Crippen LogP contribution in [-0.2, 0) is 14.3 Å². The van der Waals surface area contributed by atoms with Crippen molar-refractivity contribution in [1.29, 1.82) is 0 Å². The molecule has 14 unspecified atom stereocenters. The van der Waals surface area contributed by atoms with Gasteiger partial charge in [0.2, 0.25) is 0 Å². The van der Waals surface area contributed by atoms with Crippen LogP contribution < -0.4 is 5.32 Å². The molecule has 1 aromatic rings. The summed E-state index contributed by atoms with van der Waals surface area (Å²) in [6.45, 7) is 12.0. The molecule has 0 aromatic heterocycles. The molecule has 1 aromatic carbocycles. The summed E-state index contributed by atoms with van der Waals surface area (Å²) >= 11 is 0. The maximum absolute atomic E-state index is 14.2. The number of fused-ring (bicyclic) bond motifs is 5. The van der Waals surface area contributed by atoms with Crippen molar-refractivity contribution in [2.24, 2.45) is 40.4 Å². The molecule has 0 radical (unpaired) electrons. The monoisotopic (exact) mass is 677 g/mol. The number of benzene rings is 1. The van der Waals surface area contributed by atoms with E-state index in [-0.39, 0.29) is 46.7 Å². The molecule has 8 heteroatoms. The minimum atomic E-state index is -1.52. The van der Waals surface area contributed by atoms with Gasteiger partial charge in [0.15, 0.2) is 5.78 Å². The highest BCUT2D eigenvalue weighted by Crippen LogP contribution is 2.69. The predicted octanol–water partition coefficient (Wildman–Crippen LogP) is 4.70. The first kappa shape index (κ1) is 35.5. The number of aliphatic hydroxyl groups excluding tert-OH is 2. The SMILES string of the molecule is CC(O)CNCC1C(C)COC1C(O)C(C)(O)C1CCC2(O)C3=CC(=O)C4CC5(C=CC(c6ccccc6)CO5)CCC4(C)C3CCC12C. The lowest BCUT2D eigenvalue weighted by Gasteiger charge is -2.61. The Morgan fingerprint density at radius 2 is 1.80 bits per heavy atom. The van der Waals surface area contributed by atoms with Crippen LogP contribution in [0.2, 0.25) is 0 Å². The fourth-order valence-electron chi connectivity index (χ4n) is 11.6. The number of aliphatic hydroxyl groups is 4. The summed E-state index contributed by atoms with van der Waals surface area (Å²) in [5, 5.41) is 50.0. The number of nitrogens with one attached hydrogen (secondary N) is 1. The van der Waals surface area contributed by atoms with Crippen LogP contribution in [-0.4, -0.2) is 87.6 Å². The minimum absolute atomic E-state index is 0.0265. The van der Waals surface area contributed by atoms with Crippen LogP contribution in [0.3, 0.4) is 0 Å². The van der Waals surface area contributed by atoms with E-state index < -0.39 is 40.5 Å². The molecule has 5 N–H and O–H groups in total.